The van der Waals surface area contributed by atoms with E-state index >= 15 is 0 Å². The third kappa shape index (κ3) is 2.30. The molecule has 1 N–H and O–H groups in total. The molecule has 0 spiro atoms. The second kappa shape index (κ2) is 5.22. The lowest BCUT2D eigenvalue weighted by molar-refractivity contribution is 0.173. The van der Waals surface area contributed by atoms with Crippen LogP contribution in [-0.2, 0) is 0 Å². The Morgan fingerprint density at radius 2 is 2.11 bits per heavy atom. The molecular formula is C15H20ClNO2. The Morgan fingerprint density at radius 1 is 1.32 bits per heavy atom. The highest BCUT2D eigenvalue weighted by Gasteiger charge is 2.29. The normalized spacial score (nSPS) is 22.0. The van der Waals surface area contributed by atoms with Crippen LogP contribution in [0, 0.1) is 0 Å². The van der Waals surface area contributed by atoms with Crippen molar-refractivity contribution >= 4 is 11.6 Å². The van der Waals surface area contributed by atoms with Gasteiger partial charge in [-0.2, -0.15) is 0 Å². The van der Waals surface area contributed by atoms with Crippen LogP contribution in [0.15, 0.2) is 6.07 Å². The SMILES string of the molecule is CC(C)c1c(C2CCCNC2)cc(Cl)c2c1OCO2. The van der Waals surface area contributed by atoms with Gasteiger partial charge >= 0.3 is 0 Å². The van der Waals surface area contributed by atoms with Crippen LogP contribution in [0.25, 0.3) is 0 Å². The fourth-order valence-electron chi connectivity index (χ4n) is 3.12. The first-order chi connectivity index (χ1) is 9.18. The molecule has 2 heterocycles. The minimum absolute atomic E-state index is 0.279. The van der Waals surface area contributed by atoms with E-state index in [-0.39, 0.29) is 6.79 Å². The predicted octanol–water partition coefficient (Wildman–Crippen LogP) is 3.66. The molecule has 0 bridgehead atoms. The summed E-state index contributed by atoms with van der Waals surface area (Å²) in [6.45, 7) is 6.82. The molecule has 1 fully saturated rings. The number of rotatable bonds is 2. The number of halogens is 1. The fraction of sp³-hybridized carbons (Fsp3) is 0.600. The maximum Gasteiger partial charge on any atom is 0.231 e. The van der Waals surface area contributed by atoms with Gasteiger partial charge in [-0.1, -0.05) is 25.4 Å². The van der Waals surface area contributed by atoms with Crippen molar-refractivity contribution < 1.29 is 9.47 Å². The second-order valence-electron chi connectivity index (χ2n) is 5.62. The lowest BCUT2D eigenvalue weighted by Gasteiger charge is -2.27. The van der Waals surface area contributed by atoms with E-state index in [0.717, 1.165) is 24.6 Å². The summed E-state index contributed by atoms with van der Waals surface area (Å²) in [5, 5.41) is 4.15. The van der Waals surface area contributed by atoms with Crippen molar-refractivity contribution in [3.8, 4) is 11.5 Å². The molecule has 0 saturated carbocycles. The maximum atomic E-state index is 6.35. The number of nitrogens with one attached hydrogen (secondary N) is 1. The monoisotopic (exact) mass is 281 g/mol. The first kappa shape index (κ1) is 13.1. The summed E-state index contributed by atoms with van der Waals surface area (Å²) < 4.78 is 11.2. The average molecular weight is 282 g/mol. The van der Waals surface area contributed by atoms with Crippen LogP contribution in [0.5, 0.6) is 11.5 Å². The first-order valence-corrected chi connectivity index (χ1v) is 7.39. The van der Waals surface area contributed by atoms with Crippen LogP contribution in [0.4, 0.5) is 0 Å². The summed E-state index contributed by atoms with van der Waals surface area (Å²) in [6.07, 6.45) is 2.43. The van der Waals surface area contributed by atoms with Gasteiger partial charge in [0.1, 0.15) is 0 Å². The third-order valence-corrected chi connectivity index (χ3v) is 4.26. The van der Waals surface area contributed by atoms with Crippen LogP contribution < -0.4 is 14.8 Å². The smallest absolute Gasteiger partial charge is 0.231 e. The van der Waals surface area contributed by atoms with Gasteiger partial charge in [0.2, 0.25) is 6.79 Å². The quantitative estimate of drug-likeness (QED) is 0.897. The zero-order valence-electron chi connectivity index (χ0n) is 11.5. The van der Waals surface area contributed by atoms with Gasteiger partial charge in [0.15, 0.2) is 11.5 Å². The molecule has 1 atom stereocenters. The number of hydrogen-bond donors (Lipinski definition) is 1. The molecule has 2 aliphatic heterocycles. The van der Waals surface area contributed by atoms with Gasteiger partial charge in [-0.15, -0.1) is 0 Å². The zero-order chi connectivity index (χ0) is 13.4. The molecule has 1 aromatic rings. The molecule has 2 aliphatic rings. The van der Waals surface area contributed by atoms with Crippen molar-refractivity contribution in [1.29, 1.82) is 0 Å². The predicted molar refractivity (Wildman–Crippen MR) is 76.5 cm³/mol. The molecule has 1 saturated heterocycles. The van der Waals surface area contributed by atoms with E-state index < -0.39 is 0 Å². The number of hydrogen-bond acceptors (Lipinski definition) is 3. The zero-order valence-corrected chi connectivity index (χ0v) is 12.2. The summed E-state index contributed by atoms with van der Waals surface area (Å²) in [5.41, 5.74) is 2.60. The number of ether oxygens (including phenoxy) is 2. The number of fused-ring (bicyclic) bond motifs is 1. The Hall–Kier alpha value is -0.930. The molecule has 0 radical (unpaired) electrons. The van der Waals surface area contributed by atoms with Crippen LogP contribution in [-0.4, -0.2) is 19.9 Å². The van der Waals surface area contributed by atoms with Gasteiger partial charge in [0, 0.05) is 12.1 Å². The highest BCUT2D eigenvalue weighted by atomic mass is 35.5. The number of piperidine rings is 1. The molecule has 3 rings (SSSR count). The minimum Gasteiger partial charge on any atom is -0.453 e. The van der Waals surface area contributed by atoms with Gasteiger partial charge in [0.05, 0.1) is 5.02 Å². The van der Waals surface area contributed by atoms with E-state index in [4.69, 9.17) is 21.1 Å². The van der Waals surface area contributed by atoms with Crippen molar-refractivity contribution in [2.24, 2.45) is 0 Å². The van der Waals surface area contributed by atoms with Gasteiger partial charge in [0.25, 0.3) is 0 Å². The maximum absolute atomic E-state index is 6.35. The van der Waals surface area contributed by atoms with Gasteiger partial charge < -0.3 is 14.8 Å². The summed E-state index contributed by atoms with van der Waals surface area (Å²) >= 11 is 6.35. The van der Waals surface area contributed by atoms with E-state index in [1.54, 1.807) is 0 Å². The second-order valence-corrected chi connectivity index (χ2v) is 6.03. The standard InChI is InChI=1S/C15H20ClNO2/c1-9(2)13-11(10-4-3-5-17-7-10)6-12(16)14-15(13)19-8-18-14/h6,9-10,17H,3-5,7-8H2,1-2H3. The lowest BCUT2D eigenvalue weighted by Crippen LogP contribution is -2.29. The molecule has 1 unspecified atom stereocenters. The Kier molecular flexibility index (Phi) is 3.59. The van der Waals surface area contributed by atoms with E-state index in [1.807, 2.05) is 0 Å². The molecule has 0 amide bonds. The first-order valence-electron chi connectivity index (χ1n) is 7.01. The van der Waals surface area contributed by atoms with E-state index in [2.05, 4.69) is 25.2 Å². The van der Waals surface area contributed by atoms with E-state index in [0.29, 0.717) is 16.9 Å². The molecule has 0 aliphatic carbocycles. The van der Waals surface area contributed by atoms with Crippen LogP contribution in [0.2, 0.25) is 5.02 Å². The van der Waals surface area contributed by atoms with Crippen LogP contribution in [0.3, 0.4) is 0 Å². The van der Waals surface area contributed by atoms with Gasteiger partial charge in [-0.25, -0.2) is 0 Å². The minimum atomic E-state index is 0.279. The topological polar surface area (TPSA) is 30.5 Å². The average Bonchev–Trinajstić information content (AvgIpc) is 2.88. The summed E-state index contributed by atoms with van der Waals surface area (Å²) in [7, 11) is 0. The summed E-state index contributed by atoms with van der Waals surface area (Å²) in [6, 6.07) is 2.09. The Morgan fingerprint density at radius 3 is 2.79 bits per heavy atom. The lowest BCUT2D eigenvalue weighted by atomic mass is 9.84. The Bertz CT molecular complexity index is 482. The third-order valence-electron chi connectivity index (χ3n) is 3.98. The highest BCUT2D eigenvalue weighted by molar-refractivity contribution is 6.32. The van der Waals surface area contributed by atoms with Crippen molar-refractivity contribution in [3.63, 3.8) is 0 Å². The van der Waals surface area contributed by atoms with Crippen molar-refractivity contribution in [2.45, 2.75) is 38.5 Å². The highest BCUT2D eigenvalue weighted by Crippen LogP contribution is 2.48. The summed E-state index contributed by atoms with van der Waals surface area (Å²) in [4.78, 5) is 0. The molecule has 0 aromatic heterocycles. The van der Waals surface area contributed by atoms with Gasteiger partial charge in [-0.05, 0) is 42.9 Å². The molecule has 4 heteroatoms. The molecule has 19 heavy (non-hydrogen) atoms. The fourth-order valence-corrected chi connectivity index (χ4v) is 3.38. The van der Waals surface area contributed by atoms with Crippen molar-refractivity contribution in [2.75, 3.05) is 19.9 Å². The molecular weight excluding hydrogens is 262 g/mol. The van der Waals surface area contributed by atoms with E-state index in [1.165, 1.54) is 24.0 Å². The summed E-state index contributed by atoms with van der Waals surface area (Å²) in [5.74, 6) is 2.52. The number of benzene rings is 1. The Labute approximate surface area is 119 Å². The molecule has 1 aromatic carbocycles. The molecule has 104 valence electrons. The van der Waals surface area contributed by atoms with Crippen molar-refractivity contribution in [3.05, 3.63) is 22.2 Å². The van der Waals surface area contributed by atoms with Crippen LogP contribution in [0.1, 0.15) is 49.7 Å². The largest absolute Gasteiger partial charge is 0.453 e. The Balaban J connectivity index is 2.09. The van der Waals surface area contributed by atoms with Crippen molar-refractivity contribution in [1.82, 2.24) is 5.32 Å². The molecule has 3 nitrogen and oxygen atoms in total. The van der Waals surface area contributed by atoms with E-state index in [9.17, 15) is 0 Å². The van der Waals surface area contributed by atoms with Crippen LogP contribution >= 0.6 is 11.6 Å². The van der Waals surface area contributed by atoms with Gasteiger partial charge in [-0.3, -0.25) is 0 Å².